The Hall–Kier alpha value is -1.33. The Bertz CT molecular complexity index is 408. The van der Waals surface area contributed by atoms with E-state index in [9.17, 15) is 9.50 Å². The average molecular weight is 242 g/mol. The van der Waals surface area contributed by atoms with Crippen LogP contribution >= 0.6 is 0 Å². The number of hydrogen-bond donors (Lipinski definition) is 3. The second-order valence-electron chi connectivity index (χ2n) is 4.26. The quantitative estimate of drug-likeness (QED) is 0.735. The van der Waals surface area contributed by atoms with Crippen LogP contribution in [-0.2, 0) is 4.74 Å². The first kappa shape index (κ1) is 12.1. The molecule has 17 heavy (non-hydrogen) atoms. The Labute approximate surface area is 98.3 Å². The summed E-state index contributed by atoms with van der Waals surface area (Å²) in [5.41, 5.74) is 0.460. The first-order valence-corrected chi connectivity index (χ1v) is 5.55. The van der Waals surface area contributed by atoms with Crippen LogP contribution in [0.3, 0.4) is 0 Å². The number of aromatic hydroxyl groups is 2. The zero-order chi connectivity index (χ0) is 12.4. The van der Waals surface area contributed by atoms with E-state index in [2.05, 4.69) is 0 Å². The lowest BCUT2D eigenvalue weighted by Crippen LogP contribution is -2.27. The van der Waals surface area contributed by atoms with E-state index in [0.29, 0.717) is 25.0 Å². The molecule has 1 saturated heterocycles. The van der Waals surface area contributed by atoms with Crippen LogP contribution in [0, 0.1) is 5.82 Å². The van der Waals surface area contributed by atoms with E-state index in [4.69, 9.17) is 14.9 Å². The van der Waals surface area contributed by atoms with Crippen molar-refractivity contribution in [3.05, 3.63) is 23.5 Å². The summed E-state index contributed by atoms with van der Waals surface area (Å²) in [6, 6.07) is 2.16. The molecule has 4 nitrogen and oxygen atoms in total. The molecule has 0 saturated carbocycles. The van der Waals surface area contributed by atoms with Gasteiger partial charge < -0.3 is 20.1 Å². The van der Waals surface area contributed by atoms with Crippen LogP contribution in [0.4, 0.5) is 4.39 Å². The molecule has 0 aliphatic carbocycles. The Morgan fingerprint density at radius 3 is 2.76 bits per heavy atom. The largest absolute Gasteiger partial charge is 0.508 e. The van der Waals surface area contributed by atoms with Crippen molar-refractivity contribution in [1.82, 2.24) is 0 Å². The SMILES string of the molecule is OC[C@H]1C[C@@H](c2cc(F)c(O)cc2O)CCO1. The average Bonchev–Trinajstić information content (AvgIpc) is 2.34. The summed E-state index contributed by atoms with van der Waals surface area (Å²) in [5, 5.41) is 27.8. The molecule has 1 fully saturated rings. The summed E-state index contributed by atoms with van der Waals surface area (Å²) in [6.45, 7) is 0.385. The van der Waals surface area contributed by atoms with Crippen LogP contribution < -0.4 is 0 Å². The highest BCUT2D eigenvalue weighted by Crippen LogP contribution is 2.37. The summed E-state index contributed by atoms with van der Waals surface area (Å²) in [4.78, 5) is 0. The number of phenolic OH excluding ortho intramolecular Hbond substituents is 2. The van der Waals surface area contributed by atoms with Crippen LogP contribution in [0.2, 0.25) is 0 Å². The summed E-state index contributed by atoms with van der Waals surface area (Å²) >= 11 is 0. The minimum atomic E-state index is -0.746. The summed E-state index contributed by atoms with van der Waals surface area (Å²) in [5.74, 6) is -1.48. The Morgan fingerprint density at radius 2 is 2.06 bits per heavy atom. The highest BCUT2D eigenvalue weighted by Gasteiger charge is 2.26. The minimum absolute atomic E-state index is 0.0593. The van der Waals surface area contributed by atoms with Crippen LogP contribution in [-0.4, -0.2) is 34.6 Å². The van der Waals surface area contributed by atoms with Crippen molar-refractivity contribution in [2.75, 3.05) is 13.2 Å². The van der Waals surface area contributed by atoms with E-state index in [-0.39, 0.29) is 24.4 Å². The van der Waals surface area contributed by atoms with Gasteiger partial charge in [-0.05, 0) is 24.8 Å². The number of benzene rings is 1. The van der Waals surface area contributed by atoms with E-state index >= 15 is 0 Å². The molecule has 1 heterocycles. The second-order valence-corrected chi connectivity index (χ2v) is 4.26. The predicted molar refractivity (Wildman–Crippen MR) is 58.5 cm³/mol. The molecule has 1 aromatic rings. The Morgan fingerprint density at radius 1 is 1.29 bits per heavy atom. The van der Waals surface area contributed by atoms with Gasteiger partial charge in [-0.1, -0.05) is 0 Å². The zero-order valence-corrected chi connectivity index (χ0v) is 9.27. The molecule has 0 aromatic heterocycles. The molecule has 2 atom stereocenters. The maximum atomic E-state index is 13.3. The number of halogens is 1. The summed E-state index contributed by atoms with van der Waals surface area (Å²) < 4.78 is 18.5. The van der Waals surface area contributed by atoms with Crippen molar-refractivity contribution in [2.45, 2.75) is 24.9 Å². The molecule has 1 aliphatic heterocycles. The lowest BCUT2D eigenvalue weighted by Gasteiger charge is -2.29. The van der Waals surface area contributed by atoms with Gasteiger partial charge in [-0.2, -0.15) is 0 Å². The molecule has 2 rings (SSSR count). The van der Waals surface area contributed by atoms with Crippen molar-refractivity contribution >= 4 is 0 Å². The summed E-state index contributed by atoms with van der Waals surface area (Å²) in [6.07, 6.45) is 0.924. The van der Waals surface area contributed by atoms with E-state index in [0.717, 1.165) is 12.1 Å². The molecular formula is C12H15FO4. The number of phenols is 2. The van der Waals surface area contributed by atoms with Crippen LogP contribution in [0.1, 0.15) is 24.3 Å². The zero-order valence-electron chi connectivity index (χ0n) is 9.27. The molecule has 0 spiro atoms. The maximum Gasteiger partial charge on any atom is 0.165 e. The van der Waals surface area contributed by atoms with Gasteiger partial charge in [-0.15, -0.1) is 0 Å². The third kappa shape index (κ3) is 2.50. The molecule has 5 heteroatoms. The minimum Gasteiger partial charge on any atom is -0.508 e. The van der Waals surface area contributed by atoms with Gasteiger partial charge in [-0.25, -0.2) is 4.39 Å². The smallest absolute Gasteiger partial charge is 0.165 e. The third-order valence-corrected chi connectivity index (χ3v) is 3.11. The normalized spacial score (nSPS) is 24.8. The maximum absolute atomic E-state index is 13.3. The monoisotopic (exact) mass is 242 g/mol. The van der Waals surface area contributed by atoms with Gasteiger partial charge in [0.25, 0.3) is 0 Å². The molecule has 0 amide bonds. The number of aliphatic hydroxyl groups excluding tert-OH is 1. The topological polar surface area (TPSA) is 69.9 Å². The van der Waals surface area contributed by atoms with Gasteiger partial charge >= 0.3 is 0 Å². The van der Waals surface area contributed by atoms with Crippen molar-refractivity contribution in [3.63, 3.8) is 0 Å². The van der Waals surface area contributed by atoms with E-state index in [1.165, 1.54) is 0 Å². The predicted octanol–water partition coefficient (Wildman–Crippen LogP) is 1.49. The first-order valence-electron chi connectivity index (χ1n) is 5.55. The fourth-order valence-electron chi connectivity index (χ4n) is 2.18. The third-order valence-electron chi connectivity index (χ3n) is 3.11. The van der Waals surface area contributed by atoms with Gasteiger partial charge in [0.15, 0.2) is 11.6 Å². The van der Waals surface area contributed by atoms with Crippen LogP contribution in [0.5, 0.6) is 11.5 Å². The fraction of sp³-hybridized carbons (Fsp3) is 0.500. The van der Waals surface area contributed by atoms with E-state index in [1.54, 1.807) is 0 Å². The van der Waals surface area contributed by atoms with Gasteiger partial charge in [-0.3, -0.25) is 0 Å². The van der Waals surface area contributed by atoms with E-state index in [1.807, 2.05) is 0 Å². The molecule has 0 bridgehead atoms. The van der Waals surface area contributed by atoms with Crippen molar-refractivity contribution in [3.8, 4) is 11.5 Å². The molecule has 1 aromatic carbocycles. The van der Waals surface area contributed by atoms with Crippen molar-refractivity contribution < 1.29 is 24.4 Å². The molecule has 94 valence electrons. The highest BCUT2D eigenvalue weighted by molar-refractivity contribution is 5.42. The summed E-state index contributed by atoms with van der Waals surface area (Å²) in [7, 11) is 0. The lowest BCUT2D eigenvalue weighted by atomic mass is 9.88. The molecule has 1 aliphatic rings. The number of ether oxygens (including phenoxy) is 1. The van der Waals surface area contributed by atoms with Gasteiger partial charge in [0.2, 0.25) is 0 Å². The molecule has 0 unspecified atom stereocenters. The lowest BCUT2D eigenvalue weighted by molar-refractivity contribution is -0.0252. The fourth-order valence-corrected chi connectivity index (χ4v) is 2.18. The molecule has 0 radical (unpaired) electrons. The van der Waals surface area contributed by atoms with Gasteiger partial charge in [0, 0.05) is 18.2 Å². The van der Waals surface area contributed by atoms with Gasteiger partial charge in [0.05, 0.1) is 12.7 Å². The number of rotatable bonds is 2. The number of hydrogen-bond acceptors (Lipinski definition) is 4. The number of aliphatic hydroxyl groups is 1. The Balaban J connectivity index is 2.24. The molecular weight excluding hydrogens is 227 g/mol. The standard InChI is InChI=1S/C12H15FO4/c13-10-4-9(11(15)5-12(10)16)7-1-2-17-8(3-7)6-14/h4-5,7-8,14-16H,1-3,6H2/t7-,8+/m0/s1. The van der Waals surface area contributed by atoms with Crippen molar-refractivity contribution in [1.29, 1.82) is 0 Å². The van der Waals surface area contributed by atoms with Crippen LogP contribution in [0.15, 0.2) is 12.1 Å². The van der Waals surface area contributed by atoms with E-state index < -0.39 is 11.6 Å². The Kier molecular flexibility index (Phi) is 3.49. The van der Waals surface area contributed by atoms with Crippen LogP contribution in [0.25, 0.3) is 0 Å². The first-order chi connectivity index (χ1) is 8.11. The molecule has 3 N–H and O–H groups in total. The second kappa shape index (κ2) is 4.89. The van der Waals surface area contributed by atoms with Gasteiger partial charge in [0.1, 0.15) is 5.75 Å². The highest BCUT2D eigenvalue weighted by atomic mass is 19.1. The van der Waals surface area contributed by atoms with Crippen molar-refractivity contribution in [2.24, 2.45) is 0 Å².